The van der Waals surface area contributed by atoms with Gasteiger partial charge in [-0.3, -0.25) is 5.10 Å². The van der Waals surface area contributed by atoms with Crippen LogP contribution in [0.25, 0.3) is 16.8 Å². The van der Waals surface area contributed by atoms with E-state index in [1.54, 1.807) is 10.7 Å². The summed E-state index contributed by atoms with van der Waals surface area (Å²) in [5.41, 5.74) is 2.84. The van der Waals surface area contributed by atoms with Crippen LogP contribution in [-0.2, 0) is 0 Å². The molecule has 0 amide bonds. The quantitative estimate of drug-likeness (QED) is 0.618. The molecule has 5 heteroatoms. The Hall–Kier alpha value is -2.17. The fourth-order valence-corrected chi connectivity index (χ4v) is 1.47. The van der Waals surface area contributed by atoms with E-state index in [1.807, 2.05) is 24.5 Å². The van der Waals surface area contributed by atoms with Crippen molar-refractivity contribution in [3.05, 3.63) is 37.1 Å². The standard InChI is InChI=1S/C9H7N5/c1-2-8-9(7-4-11-12-5-7)10-6-13-14(8)3-1/h1-6H,(H,11,12). The van der Waals surface area contributed by atoms with E-state index in [1.165, 1.54) is 6.33 Å². The number of hydrogen-bond donors (Lipinski definition) is 1. The summed E-state index contributed by atoms with van der Waals surface area (Å²) in [6.07, 6.45) is 6.99. The zero-order valence-corrected chi connectivity index (χ0v) is 7.25. The van der Waals surface area contributed by atoms with Gasteiger partial charge in [0.15, 0.2) is 0 Å². The van der Waals surface area contributed by atoms with Crippen molar-refractivity contribution in [3.8, 4) is 11.3 Å². The summed E-state index contributed by atoms with van der Waals surface area (Å²) in [4.78, 5) is 4.23. The lowest BCUT2D eigenvalue weighted by atomic mass is 10.2. The molecule has 0 radical (unpaired) electrons. The Morgan fingerprint density at radius 1 is 1.36 bits per heavy atom. The SMILES string of the molecule is c1cc2c(-c3cn[nH]c3)ncnn2c1. The molecule has 0 aromatic carbocycles. The smallest absolute Gasteiger partial charge is 0.137 e. The highest BCUT2D eigenvalue weighted by Gasteiger charge is 2.05. The number of aromatic nitrogens is 5. The average Bonchev–Trinajstić information content (AvgIpc) is 2.88. The van der Waals surface area contributed by atoms with Crippen LogP contribution in [0.2, 0.25) is 0 Å². The first-order chi connectivity index (χ1) is 6.95. The molecule has 1 N–H and O–H groups in total. The molecule has 0 aliphatic carbocycles. The summed E-state index contributed by atoms with van der Waals surface area (Å²) in [5, 5.41) is 10.7. The minimum atomic E-state index is 0.888. The van der Waals surface area contributed by atoms with Crippen molar-refractivity contribution in [2.75, 3.05) is 0 Å². The van der Waals surface area contributed by atoms with Crippen molar-refractivity contribution in [2.24, 2.45) is 0 Å². The van der Waals surface area contributed by atoms with Crippen LogP contribution in [0.1, 0.15) is 0 Å². The largest absolute Gasteiger partial charge is 0.285 e. The Bertz CT molecular complexity index is 551. The minimum absolute atomic E-state index is 0.888. The van der Waals surface area contributed by atoms with Crippen molar-refractivity contribution in [1.29, 1.82) is 0 Å². The second kappa shape index (κ2) is 2.66. The highest BCUT2D eigenvalue weighted by molar-refractivity contribution is 5.75. The average molecular weight is 185 g/mol. The van der Waals surface area contributed by atoms with Gasteiger partial charge in [0.25, 0.3) is 0 Å². The third-order valence-corrected chi connectivity index (χ3v) is 2.11. The molecule has 0 aliphatic heterocycles. The molecule has 0 unspecified atom stereocenters. The van der Waals surface area contributed by atoms with Gasteiger partial charge in [0.05, 0.1) is 11.7 Å². The molecule has 3 heterocycles. The van der Waals surface area contributed by atoms with Gasteiger partial charge in [0.1, 0.15) is 12.0 Å². The third kappa shape index (κ3) is 0.922. The van der Waals surface area contributed by atoms with Crippen LogP contribution in [-0.4, -0.2) is 24.8 Å². The fraction of sp³-hybridized carbons (Fsp3) is 0. The van der Waals surface area contributed by atoms with E-state index in [0.29, 0.717) is 0 Å². The molecule has 68 valence electrons. The molecular formula is C9H7N5. The first-order valence-corrected chi connectivity index (χ1v) is 4.22. The predicted molar refractivity (Wildman–Crippen MR) is 50.6 cm³/mol. The number of aromatic amines is 1. The Morgan fingerprint density at radius 2 is 2.36 bits per heavy atom. The monoisotopic (exact) mass is 185 g/mol. The molecule has 3 aromatic heterocycles. The van der Waals surface area contributed by atoms with Gasteiger partial charge in [0.2, 0.25) is 0 Å². The predicted octanol–water partition coefficient (Wildman–Crippen LogP) is 1.12. The molecule has 0 spiro atoms. The molecule has 3 aromatic rings. The van der Waals surface area contributed by atoms with Crippen LogP contribution in [0.15, 0.2) is 37.1 Å². The minimum Gasteiger partial charge on any atom is -0.285 e. The van der Waals surface area contributed by atoms with E-state index in [4.69, 9.17) is 0 Å². The van der Waals surface area contributed by atoms with Crippen LogP contribution in [0.5, 0.6) is 0 Å². The number of nitrogens with zero attached hydrogens (tertiary/aromatic N) is 4. The Kier molecular flexibility index (Phi) is 1.38. The number of fused-ring (bicyclic) bond motifs is 1. The van der Waals surface area contributed by atoms with Crippen molar-refractivity contribution in [2.45, 2.75) is 0 Å². The molecule has 14 heavy (non-hydrogen) atoms. The highest BCUT2D eigenvalue weighted by atomic mass is 15.2. The molecular weight excluding hydrogens is 178 g/mol. The lowest BCUT2D eigenvalue weighted by molar-refractivity contribution is 0.906. The van der Waals surface area contributed by atoms with Crippen LogP contribution >= 0.6 is 0 Å². The lowest BCUT2D eigenvalue weighted by Gasteiger charge is -1.98. The van der Waals surface area contributed by atoms with Gasteiger partial charge in [-0.25, -0.2) is 9.50 Å². The molecule has 0 bridgehead atoms. The maximum atomic E-state index is 4.23. The Morgan fingerprint density at radius 3 is 3.21 bits per heavy atom. The second-order valence-electron chi connectivity index (χ2n) is 2.93. The Labute approximate surface area is 79.4 Å². The number of H-pyrrole nitrogens is 1. The van der Waals surface area contributed by atoms with Crippen molar-refractivity contribution in [1.82, 2.24) is 24.8 Å². The summed E-state index contributed by atoms with van der Waals surface area (Å²) >= 11 is 0. The maximum Gasteiger partial charge on any atom is 0.137 e. The molecule has 0 atom stereocenters. The van der Waals surface area contributed by atoms with E-state index in [2.05, 4.69) is 20.3 Å². The number of rotatable bonds is 1. The second-order valence-corrected chi connectivity index (χ2v) is 2.93. The number of hydrogen-bond acceptors (Lipinski definition) is 3. The van der Waals surface area contributed by atoms with Crippen molar-refractivity contribution < 1.29 is 0 Å². The topological polar surface area (TPSA) is 58.9 Å². The summed E-state index contributed by atoms with van der Waals surface area (Å²) < 4.78 is 1.79. The first kappa shape index (κ1) is 7.25. The maximum absolute atomic E-state index is 4.23. The van der Waals surface area contributed by atoms with Gasteiger partial charge in [-0.1, -0.05) is 0 Å². The van der Waals surface area contributed by atoms with E-state index in [9.17, 15) is 0 Å². The zero-order valence-electron chi connectivity index (χ0n) is 7.25. The molecule has 0 saturated heterocycles. The highest BCUT2D eigenvalue weighted by Crippen LogP contribution is 2.19. The van der Waals surface area contributed by atoms with Crippen LogP contribution in [0, 0.1) is 0 Å². The van der Waals surface area contributed by atoms with E-state index in [-0.39, 0.29) is 0 Å². The van der Waals surface area contributed by atoms with Crippen LogP contribution in [0.3, 0.4) is 0 Å². The lowest BCUT2D eigenvalue weighted by Crippen LogP contribution is -1.93. The van der Waals surface area contributed by atoms with E-state index < -0.39 is 0 Å². The van der Waals surface area contributed by atoms with E-state index in [0.717, 1.165) is 16.8 Å². The van der Waals surface area contributed by atoms with Gasteiger partial charge in [-0.05, 0) is 12.1 Å². The van der Waals surface area contributed by atoms with Crippen molar-refractivity contribution in [3.63, 3.8) is 0 Å². The molecule has 0 fully saturated rings. The summed E-state index contributed by atoms with van der Waals surface area (Å²) in [7, 11) is 0. The fourth-order valence-electron chi connectivity index (χ4n) is 1.47. The van der Waals surface area contributed by atoms with Gasteiger partial charge in [-0.15, -0.1) is 0 Å². The molecule has 0 saturated carbocycles. The summed E-state index contributed by atoms with van der Waals surface area (Å²) in [5.74, 6) is 0. The van der Waals surface area contributed by atoms with Gasteiger partial charge in [-0.2, -0.15) is 10.2 Å². The summed E-state index contributed by atoms with van der Waals surface area (Å²) in [6.45, 7) is 0. The van der Waals surface area contributed by atoms with E-state index >= 15 is 0 Å². The van der Waals surface area contributed by atoms with Gasteiger partial charge >= 0.3 is 0 Å². The Balaban J connectivity index is 2.36. The van der Waals surface area contributed by atoms with Crippen LogP contribution in [0.4, 0.5) is 0 Å². The van der Waals surface area contributed by atoms with Crippen LogP contribution < -0.4 is 0 Å². The third-order valence-electron chi connectivity index (χ3n) is 2.11. The van der Waals surface area contributed by atoms with Gasteiger partial charge in [0, 0.05) is 18.0 Å². The molecule has 3 rings (SSSR count). The zero-order chi connectivity index (χ0) is 9.38. The van der Waals surface area contributed by atoms with Crippen molar-refractivity contribution >= 4 is 5.52 Å². The molecule has 0 aliphatic rings. The summed E-state index contributed by atoms with van der Waals surface area (Å²) in [6, 6.07) is 3.91. The first-order valence-electron chi connectivity index (χ1n) is 4.22. The normalized spacial score (nSPS) is 10.9. The molecule has 5 nitrogen and oxygen atoms in total. The van der Waals surface area contributed by atoms with Gasteiger partial charge < -0.3 is 0 Å². The number of nitrogens with one attached hydrogen (secondary N) is 1.